The Bertz CT molecular complexity index is 97.5. The minimum Gasteiger partial charge on any atom is -0.314 e. The van der Waals surface area contributed by atoms with Crippen molar-refractivity contribution in [2.24, 2.45) is 0 Å². The Hall–Kier alpha value is -0.120. The number of nitrogens with one attached hydrogen (secondary N) is 3. The SMILES string of the molecule is CC(C)NCC1CNCCN1. The molecule has 1 heterocycles. The maximum absolute atomic E-state index is 3.45. The van der Waals surface area contributed by atoms with E-state index in [9.17, 15) is 0 Å². The summed E-state index contributed by atoms with van der Waals surface area (Å²) in [5.41, 5.74) is 0. The Balaban J connectivity index is 2.05. The van der Waals surface area contributed by atoms with Crippen molar-refractivity contribution in [1.82, 2.24) is 16.0 Å². The van der Waals surface area contributed by atoms with Crippen molar-refractivity contribution in [2.45, 2.75) is 25.9 Å². The molecule has 0 spiro atoms. The van der Waals surface area contributed by atoms with Crippen LogP contribution in [0, 0.1) is 0 Å². The smallest absolute Gasteiger partial charge is 0.0318 e. The first kappa shape index (κ1) is 8.97. The average Bonchev–Trinajstić information content (AvgIpc) is 2.03. The Kier molecular flexibility index (Phi) is 3.83. The molecule has 3 N–H and O–H groups in total. The second kappa shape index (κ2) is 4.70. The van der Waals surface area contributed by atoms with Crippen LogP contribution in [0.4, 0.5) is 0 Å². The fraction of sp³-hybridized carbons (Fsp3) is 1.00. The molecule has 66 valence electrons. The van der Waals surface area contributed by atoms with Crippen LogP contribution in [0.2, 0.25) is 0 Å². The monoisotopic (exact) mass is 157 g/mol. The molecule has 0 saturated carbocycles. The zero-order valence-corrected chi connectivity index (χ0v) is 7.48. The van der Waals surface area contributed by atoms with Gasteiger partial charge >= 0.3 is 0 Å². The number of rotatable bonds is 3. The van der Waals surface area contributed by atoms with E-state index in [2.05, 4.69) is 29.8 Å². The topological polar surface area (TPSA) is 36.1 Å². The molecule has 0 bridgehead atoms. The Labute approximate surface area is 68.9 Å². The van der Waals surface area contributed by atoms with Crippen LogP contribution in [0.1, 0.15) is 13.8 Å². The third kappa shape index (κ3) is 3.70. The minimum atomic E-state index is 0.596. The highest BCUT2D eigenvalue weighted by atomic mass is 15.1. The number of piperazine rings is 1. The van der Waals surface area contributed by atoms with Crippen molar-refractivity contribution >= 4 is 0 Å². The molecule has 1 saturated heterocycles. The van der Waals surface area contributed by atoms with E-state index in [1.54, 1.807) is 0 Å². The zero-order valence-electron chi connectivity index (χ0n) is 7.48. The molecule has 1 fully saturated rings. The Morgan fingerprint density at radius 2 is 2.27 bits per heavy atom. The van der Waals surface area contributed by atoms with Crippen LogP contribution in [0.5, 0.6) is 0 Å². The lowest BCUT2D eigenvalue weighted by molar-refractivity contribution is 0.389. The summed E-state index contributed by atoms with van der Waals surface area (Å²) in [6.07, 6.45) is 0. The lowest BCUT2D eigenvalue weighted by Crippen LogP contribution is -2.53. The van der Waals surface area contributed by atoms with Gasteiger partial charge in [-0.1, -0.05) is 13.8 Å². The second-order valence-electron chi connectivity index (χ2n) is 3.42. The van der Waals surface area contributed by atoms with Gasteiger partial charge in [0, 0.05) is 38.3 Å². The van der Waals surface area contributed by atoms with Crippen LogP contribution < -0.4 is 16.0 Å². The van der Waals surface area contributed by atoms with E-state index in [4.69, 9.17) is 0 Å². The molecular weight excluding hydrogens is 138 g/mol. The van der Waals surface area contributed by atoms with Gasteiger partial charge in [0.2, 0.25) is 0 Å². The van der Waals surface area contributed by atoms with Gasteiger partial charge in [0.15, 0.2) is 0 Å². The van der Waals surface area contributed by atoms with E-state index in [0.29, 0.717) is 12.1 Å². The highest BCUT2D eigenvalue weighted by Crippen LogP contribution is 1.86. The van der Waals surface area contributed by atoms with E-state index in [1.807, 2.05) is 0 Å². The molecule has 0 aromatic heterocycles. The van der Waals surface area contributed by atoms with Gasteiger partial charge in [-0.25, -0.2) is 0 Å². The summed E-state index contributed by atoms with van der Waals surface area (Å²) in [4.78, 5) is 0. The van der Waals surface area contributed by atoms with Crippen LogP contribution in [0.3, 0.4) is 0 Å². The van der Waals surface area contributed by atoms with Gasteiger partial charge in [-0.15, -0.1) is 0 Å². The number of hydrogen-bond donors (Lipinski definition) is 3. The quantitative estimate of drug-likeness (QED) is 0.519. The molecule has 0 radical (unpaired) electrons. The van der Waals surface area contributed by atoms with Gasteiger partial charge in [0.25, 0.3) is 0 Å². The van der Waals surface area contributed by atoms with E-state index in [-0.39, 0.29) is 0 Å². The normalized spacial score (nSPS) is 25.9. The largest absolute Gasteiger partial charge is 0.314 e. The van der Waals surface area contributed by atoms with Crippen molar-refractivity contribution in [1.29, 1.82) is 0 Å². The maximum atomic E-state index is 3.45. The number of hydrogen-bond acceptors (Lipinski definition) is 3. The van der Waals surface area contributed by atoms with E-state index in [1.165, 1.54) is 0 Å². The summed E-state index contributed by atoms with van der Waals surface area (Å²) in [5.74, 6) is 0. The van der Waals surface area contributed by atoms with Gasteiger partial charge in [-0.05, 0) is 0 Å². The standard InChI is InChI=1S/C8H19N3/c1-7(2)11-6-8-5-9-3-4-10-8/h7-11H,3-6H2,1-2H3. The first-order valence-corrected chi connectivity index (χ1v) is 4.46. The molecule has 11 heavy (non-hydrogen) atoms. The van der Waals surface area contributed by atoms with Crippen molar-refractivity contribution in [3.05, 3.63) is 0 Å². The first-order valence-electron chi connectivity index (χ1n) is 4.46. The molecule has 1 unspecified atom stereocenters. The van der Waals surface area contributed by atoms with Gasteiger partial charge in [0.1, 0.15) is 0 Å². The van der Waals surface area contributed by atoms with E-state index >= 15 is 0 Å². The summed E-state index contributed by atoms with van der Waals surface area (Å²) >= 11 is 0. The van der Waals surface area contributed by atoms with Crippen molar-refractivity contribution in [3.8, 4) is 0 Å². The maximum Gasteiger partial charge on any atom is 0.0318 e. The highest BCUT2D eigenvalue weighted by Gasteiger charge is 2.10. The van der Waals surface area contributed by atoms with Gasteiger partial charge in [-0.2, -0.15) is 0 Å². The van der Waals surface area contributed by atoms with Crippen molar-refractivity contribution in [3.63, 3.8) is 0 Å². The molecule has 0 amide bonds. The van der Waals surface area contributed by atoms with Crippen molar-refractivity contribution < 1.29 is 0 Å². The summed E-state index contributed by atoms with van der Waals surface area (Å²) in [5, 5.41) is 10.2. The summed E-state index contributed by atoms with van der Waals surface area (Å²) in [7, 11) is 0. The summed E-state index contributed by atoms with van der Waals surface area (Å²) < 4.78 is 0. The van der Waals surface area contributed by atoms with Crippen LogP contribution in [-0.2, 0) is 0 Å². The van der Waals surface area contributed by atoms with Gasteiger partial charge in [-0.3, -0.25) is 0 Å². The molecular formula is C8H19N3. The molecule has 0 aromatic carbocycles. The van der Waals surface area contributed by atoms with E-state index in [0.717, 1.165) is 26.2 Å². The average molecular weight is 157 g/mol. The van der Waals surface area contributed by atoms with E-state index < -0.39 is 0 Å². The predicted octanol–water partition coefficient (Wildman–Crippen LogP) is -0.454. The Morgan fingerprint density at radius 1 is 1.45 bits per heavy atom. The van der Waals surface area contributed by atoms with Crippen LogP contribution >= 0.6 is 0 Å². The lowest BCUT2D eigenvalue weighted by Gasteiger charge is -2.25. The van der Waals surface area contributed by atoms with Crippen molar-refractivity contribution in [2.75, 3.05) is 26.2 Å². The highest BCUT2D eigenvalue weighted by molar-refractivity contribution is 4.77. The molecule has 0 aromatic rings. The summed E-state index contributed by atoms with van der Waals surface area (Å²) in [6.45, 7) is 8.74. The Morgan fingerprint density at radius 3 is 2.82 bits per heavy atom. The van der Waals surface area contributed by atoms with Crippen LogP contribution in [0.25, 0.3) is 0 Å². The van der Waals surface area contributed by atoms with Crippen LogP contribution in [-0.4, -0.2) is 38.3 Å². The molecule has 3 nitrogen and oxygen atoms in total. The summed E-state index contributed by atoms with van der Waals surface area (Å²) in [6, 6.07) is 1.21. The van der Waals surface area contributed by atoms with Gasteiger partial charge in [0.05, 0.1) is 0 Å². The molecule has 1 rings (SSSR count). The molecule has 1 aliphatic rings. The molecule has 0 aliphatic carbocycles. The fourth-order valence-corrected chi connectivity index (χ4v) is 1.24. The van der Waals surface area contributed by atoms with Crippen LogP contribution in [0.15, 0.2) is 0 Å². The molecule has 3 heteroatoms. The lowest BCUT2D eigenvalue weighted by atomic mass is 10.2. The second-order valence-corrected chi connectivity index (χ2v) is 3.42. The van der Waals surface area contributed by atoms with Gasteiger partial charge < -0.3 is 16.0 Å². The first-order chi connectivity index (χ1) is 5.29. The fourth-order valence-electron chi connectivity index (χ4n) is 1.24. The molecule has 1 aliphatic heterocycles. The zero-order chi connectivity index (χ0) is 8.10. The predicted molar refractivity (Wildman–Crippen MR) is 47.8 cm³/mol. The third-order valence-electron chi connectivity index (χ3n) is 1.90. The molecule has 1 atom stereocenters. The minimum absolute atomic E-state index is 0.596. The third-order valence-corrected chi connectivity index (χ3v) is 1.90.